The number of ether oxygens (including phenoxy) is 2. The fourth-order valence-electron chi connectivity index (χ4n) is 3.65. The van der Waals surface area contributed by atoms with Crippen molar-refractivity contribution in [3.63, 3.8) is 0 Å². The number of nitrogens with one attached hydrogen (secondary N) is 1. The van der Waals surface area contributed by atoms with Gasteiger partial charge in [-0.05, 0) is 55.5 Å². The van der Waals surface area contributed by atoms with Crippen LogP contribution in [-0.4, -0.2) is 35.5 Å². The number of methoxy groups -OCH3 is 2. The van der Waals surface area contributed by atoms with Crippen LogP contribution in [0, 0.1) is 12.7 Å². The van der Waals surface area contributed by atoms with E-state index in [-0.39, 0.29) is 28.7 Å². The third-order valence-corrected chi connectivity index (χ3v) is 5.41. The summed E-state index contributed by atoms with van der Waals surface area (Å²) in [6, 6.07) is 13.1. The molecule has 2 aromatic carbocycles. The Morgan fingerprint density at radius 3 is 2.46 bits per heavy atom. The van der Waals surface area contributed by atoms with Crippen LogP contribution in [0.4, 0.5) is 10.1 Å². The molecule has 35 heavy (non-hydrogen) atoms. The van der Waals surface area contributed by atoms with E-state index in [1.807, 2.05) is 0 Å². The number of carbonyl (C=O) groups is 2. The Morgan fingerprint density at radius 1 is 1.03 bits per heavy atom. The number of ketones is 1. The molecule has 0 aliphatic carbocycles. The summed E-state index contributed by atoms with van der Waals surface area (Å²) in [7, 11) is 2.99. The SMILES string of the molecule is COc1ccc(NC(=O)Cn2cc(C(=O)c3ccc(F)cc3)c(=O)c3ccc(C)nc32)c(OC)c1. The first-order valence-electron chi connectivity index (χ1n) is 10.6. The van der Waals surface area contributed by atoms with E-state index in [0.29, 0.717) is 22.9 Å². The van der Waals surface area contributed by atoms with E-state index in [1.54, 1.807) is 37.3 Å². The van der Waals surface area contributed by atoms with Gasteiger partial charge in [0.15, 0.2) is 5.78 Å². The first-order valence-corrected chi connectivity index (χ1v) is 10.6. The molecule has 0 bridgehead atoms. The second-order valence-corrected chi connectivity index (χ2v) is 7.77. The number of amides is 1. The largest absolute Gasteiger partial charge is 0.497 e. The zero-order valence-corrected chi connectivity index (χ0v) is 19.3. The van der Waals surface area contributed by atoms with Crippen molar-refractivity contribution in [2.75, 3.05) is 19.5 Å². The maximum Gasteiger partial charge on any atom is 0.244 e. The zero-order chi connectivity index (χ0) is 25.1. The smallest absolute Gasteiger partial charge is 0.244 e. The van der Waals surface area contributed by atoms with Crippen molar-refractivity contribution in [2.24, 2.45) is 0 Å². The third-order valence-electron chi connectivity index (χ3n) is 5.41. The van der Waals surface area contributed by atoms with Gasteiger partial charge in [0.1, 0.15) is 29.5 Å². The summed E-state index contributed by atoms with van der Waals surface area (Å²) in [6.07, 6.45) is 1.31. The van der Waals surface area contributed by atoms with Crippen LogP contribution >= 0.6 is 0 Å². The Bertz CT molecular complexity index is 1500. The van der Waals surface area contributed by atoms with Crippen molar-refractivity contribution in [2.45, 2.75) is 13.5 Å². The molecule has 1 amide bonds. The summed E-state index contributed by atoms with van der Waals surface area (Å²) < 4.78 is 25.3. The molecule has 178 valence electrons. The van der Waals surface area contributed by atoms with Gasteiger partial charge in [-0.3, -0.25) is 14.4 Å². The van der Waals surface area contributed by atoms with Crippen LogP contribution in [0.1, 0.15) is 21.6 Å². The predicted molar refractivity (Wildman–Crippen MR) is 129 cm³/mol. The van der Waals surface area contributed by atoms with Crippen LogP contribution in [0.25, 0.3) is 11.0 Å². The summed E-state index contributed by atoms with van der Waals surface area (Å²) in [6.45, 7) is 1.53. The van der Waals surface area contributed by atoms with Crippen molar-refractivity contribution in [3.8, 4) is 11.5 Å². The summed E-state index contributed by atoms with van der Waals surface area (Å²) in [4.78, 5) is 43.6. The molecule has 0 aliphatic heterocycles. The molecule has 2 heterocycles. The minimum atomic E-state index is -0.580. The maximum atomic E-state index is 13.3. The molecule has 4 aromatic rings. The number of pyridine rings is 2. The zero-order valence-electron chi connectivity index (χ0n) is 19.3. The van der Waals surface area contributed by atoms with E-state index in [2.05, 4.69) is 10.3 Å². The maximum absolute atomic E-state index is 13.3. The van der Waals surface area contributed by atoms with Crippen molar-refractivity contribution in [1.82, 2.24) is 9.55 Å². The van der Waals surface area contributed by atoms with Gasteiger partial charge in [-0.15, -0.1) is 0 Å². The molecule has 2 aromatic heterocycles. The van der Waals surface area contributed by atoms with Crippen LogP contribution in [0.15, 0.2) is 65.6 Å². The Kier molecular flexibility index (Phi) is 6.59. The van der Waals surface area contributed by atoms with E-state index in [0.717, 1.165) is 12.1 Å². The van der Waals surface area contributed by atoms with Gasteiger partial charge >= 0.3 is 0 Å². The lowest BCUT2D eigenvalue weighted by Gasteiger charge is -2.15. The minimum absolute atomic E-state index is 0.149. The summed E-state index contributed by atoms with van der Waals surface area (Å²) in [5, 5.41) is 2.96. The van der Waals surface area contributed by atoms with Crippen LogP contribution in [0.5, 0.6) is 11.5 Å². The highest BCUT2D eigenvalue weighted by Gasteiger charge is 2.19. The molecule has 0 unspecified atom stereocenters. The number of benzene rings is 2. The van der Waals surface area contributed by atoms with Gasteiger partial charge in [0, 0.05) is 23.5 Å². The van der Waals surface area contributed by atoms with E-state index < -0.39 is 22.9 Å². The number of anilines is 1. The molecular formula is C26H22FN3O5. The quantitative estimate of drug-likeness (QED) is 0.409. The highest BCUT2D eigenvalue weighted by atomic mass is 19.1. The second kappa shape index (κ2) is 9.76. The molecule has 8 nitrogen and oxygen atoms in total. The summed E-state index contributed by atoms with van der Waals surface area (Å²) in [5.74, 6) is -0.536. The van der Waals surface area contributed by atoms with Crippen molar-refractivity contribution in [1.29, 1.82) is 0 Å². The molecule has 0 fully saturated rings. The third kappa shape index (κ3) is 4.89. The van der Waals surface area contributed by atoms with E-state index in [1.165, 1.54) is 37.1 Å². The van der Waals surface area contributed by atoms with Crippen LogP contribution in [0.3, 0.4) is 0 Å². The average Bonchev–Trinajstić information content (AvgIpc) is 2.86. The molecule has 9 heteroatoms. The first kappa shape index (κ1) is 23.6. The van der Waals surface area contributed by atoms with Gasteiger partial charge < -0.3 is 19.4 Å². The Hall–Kier alpha value is -4.53. The Balaban J connectivity index is 1.74. The number of carbonyl (C=O) groups excluding carboxylic acids is 2. The topological polar surface area (TPSA) is 99.5 Å². The molecule has 0 saturated carbocycles. The van der Waals surface area contributed by atoms with E-state index in [4.69, 9.17) is 9.47 Å². The first-order chi connectivity index (χ1) is 16.8. The number of aromatic nitrogens is 2. The van der Waals surface area contributed by atoms with Gasteiger partial charge in [-0.2, -0.15) is 0 Å². The molecule has 0 atom stereocenters. The van der Waals surface area contributed by atoms with Gasteiger partial charge in [0.05, 0.1) is 30.9 Å². The number of rotatable bonds is 7. The number of nitrogens with zero attached hydrogens (tertiary/aromatic N) is 2. The minimum Gasteiger partial charge on any atom is -0.497 e. The normalized spacial score (nSPS) is 10.7. The summed E-state index contributed by atoms with van der Waals surface area (Å²) in [5.41, 5.74) is 0.820. The number of aryl methyl sites for hydroxylation is 1. The summed E-state index contributed by atoms with van der Waals surface area (Å²) >= 11 is 0. The second-order valence-electron chi connectivity index (χ2n) is 7.77. The fraction of sp³-hybridized carbons (Fsp3) is 0.154. The lowest BCUT2D eigenvalue weighted by atomic mass is 10.0. The number of halogens is 1. The standard InChI is InChI=1S/C26H22FN3O5/c1-15-4-10-19-25(33)20(24(32)16-5-7-17(27)8-6-16)13-30(26(19)28-15)14-23(31)29-21-11-9-18(34-2)12-22(21)35-3/h4-13H,14H2,1-3H3,(H,29,31). The molecular weight excluding hydrogens is 453 g/mol. The van der Waals surface area contributed by atoms with E-state index in [9.17, 15) is 18.8 Å². The molecule has 1 N–H and O–H groups in total. The predicted octanol–water partition coefficient (Wildman–Crippen LogP) is 3.73. The van der Waals surface area contributed by atoms with Crippen molar-refractivity contribution in [3.05, 3.63) is 93.7 Å². The van der Waals surface area contributed by atoms with Crippen LogP contribution in [0.2, 0.25) is 0 Å². The molecule has 0 saturated heterocycles. The Labute approximate surface area is 199 Å². The van der Waals surface area contributed by atoms with Gasteiger partial charge in [0.2, 0.25) is 11.3 Å². The van der Waals surface area contributed by atoms with Crippen LogP contribution < -0.4 is 20.2 Å². The molecule has 0 aliphatic rings. The van der Waals surface area contributed by atoms with E-state index >= 15 is 0 Å². The average molecular weight is 475 g/mol. The van der Waals surface area contributed by atoms with Crippen molar-refractivity contribution < 1.29 is 23.5 Å². The number of hydrogen-bond donors (Lipinski definition) is 1. The Morgan fingerprint density at radius 2 is 1.77 bits per heavy atom. The fourth-order valence-corrected chi connectivity index (χ4v) is 3.65. The highest BCUT2D eigenvalue weighted by molar-refractivity contribution is 6.10. The monoisotopic (exact) mass is 475 g/mol. The van der Waals surface area contributed by atoms with Gasteiger partial charge in [0.25, 0.3) is 0 Å². The van der Waals surface area contributed by atoms with Gasteiger partial charge in [-0.25, -0.2) is 9.37 Å². The van der Waals surface area contributed by atoms with Crippen molar-refractivity contribution >= 4 is 28.4 Å². The number of fused-ring (bicyclic) bond motifs is 1. The van der Waals surface area contributed by atoms with Crippen LogP contribution in [-0.2, 0) is 11.3 Å². The lowest BCUT2D eigenvalue weighted by Crippen LogP contribution is -2.25. The molecule has 4 rings (SSSR count). The highest BCUT2D eigenvalue weighted by Crippen LogP contribution is 2.29. The van der Waals surface area contributed by atoms with Gasteiger partial charge in [-0.1, -0.05) is 0 Å². The molecule has 0 radical (unpaired) electrons. The number of hydrogen-bond acceptors (Lipinski definition) is 6. The lowest BCUT2D eigenvalue weighted by molar-refractivity contribution is -0.116. The molecule has 0 spiro atoms.